The number of benzene rings is 7. The molecule has 0 bridgehead atoms. The lowest BCUT2D eigenvalue weighted by molar-refractivity contribution is 0.669. The van der Waals surface area contributed by atoms with E-state index in [1.54, 1.807) is 0 Å². The summed E-state index contributed by atoms with van der Waals surface area (Å²) < 4.78 is 8.82. The molecule has 11 rings (SSSR count). The van der Waals surface area contributed by atoms with Gasteiger partial charge in [-0.15, -0.1) is 0 Å². The Hall–Kier alpha value is -6.26. The van der Waals surface area contributed by atoms with Crippen molar-refractivity contribution in [1.82, 2.24) is 14.5 Å². The van der Waals surface area contributed by atoms with Gasteiger partial charge in [-0.25, -0.2) is 9.97 Å². The summed E-state index contributed by atoms with van der Waals surface area (Å²) in [6.45, 7) is 0. The zero-order valence-corrected chi connectivity index (χ0v) is 24.5. The normalized spacial score (nSPS) is 12.3. The number of para-hydroxylation sites is 2. The van der Waals surface area contributed by atoms with Crippen molar-refractivity contribution in [3.05, 3.63) is 140 Å². The van der Waals surface area contributed by atoms with E-state index in [1.165, 1.54) is 49.2 Å². The Balaban J connectivity index is 1.30. The molecule has 4 heteroatoms. The molecule has 0 fully saturated rings. The maximum absolute atomic E-state index is 6.49. The van der Waals surface area contributed by atoms with Crippen molar-refractivity contribution < 1.29 is 4.42 Å². The molecule has 0 saturated carbocycles. The average Bonchev–Trinajstić information content (AvgIpc) is 3.63. The highest BCUT2D eigenvalue weighted by molar-refractivity contribution is 6.38. The van der Waals surface area contributed by atoms with E-state index in [2.05, 4.69) is 114 Å². The molecule has 0 saturated heterocycles. The van der Waals surface area contributed by atoms with Gasteiger partial charge in [0.1, 0.15) is 16.9 Å². The van der Waals surface area contributed by atoms with Crippen LogP contribution in [0.3, 0.4) is 0 Å². The first kappa shape index (κ1) is 24.1. The topological polar surface area (TPSA) is 43.9 Å². The first-order valence-electron chi connectivity index (χ1n) is 15.6. The van der Waals surface area contributed by atoms with E-state index < -0.39 is 0 Å². The minimum Gasteiger partial charge on any atom is -0.456 e. The van der Waals surface area contributed by atoms with Crippen LogP contribution in [0.15, 0.2) is 144 Å². The lowest BCUT2D eigenvalue weighted by Crippen LogP contribution is -2.03. The van der Waals surface area contributed by atoms with Crippen molar-refractivity contribution in [2.45, 2.75) is 0 Å². The molecule has 7 aromatic carbocycles. The van der Waals surface area contributed by atoms with Gasteiger partial charge in [0.2, 0.25) is 0 Å². The fourth-order valence-electron chi connectivity index (χ4n) is 7.74. The van der Waals surface area contributed by atoms with Gasteiger partial charge in [-0.05, 0) is 69.4 Å². The van der Waals surface area contributed by atoms with Crippen LogP contribution in [0.1, 0.15) is 0 Å². The molecule has 0 spiro atoms. The molecule has 0 unspecified atom stereocenters. The van der Waals surface area contributed by atoms with Crippen LogP contribution in [0.4, 0.5) is 0 Å². The van der Waals surface area contributed by atoms with Crippen LogP contribution >= 0.6 is 0 Å². The van der Waals surface area contributed by atoms with Gasteiger partial charge in [0.25, 0.3) is 0 Å². The van der Waals surface area contributed by atoms with Crippen molar-refractivity contribution in [3.63, 3.8) is 0 Å². The van der Waals surface area contributed by atoms with Crippen LogP contribution in [0.25, 0.3) is 105 Å². The molecule has 0 N–H and O–H groups in total. The minimum absolute atomic E-state index is 0.816. The lowest BCUT2D eigenvalue weighted by atomic mass is 9.95. The standard InChI is InChI=1S/C42H23N3O/c1-2-8-24(9-3-1)25-16-18-27(19-17-25)41-42(44-31-14-5-4-13-30(31)43-41)45-32-21-20-26-10-6-11-28-29-12-7-15-34-37(29)40-35(46-34)23-22-33(45)39(40)38(32)36(26)28/h1-23H. The van der Waals surface area contributed by atoms with Crippen LogP contribution in [0.5, 0.6) is 0 Å². The van der Waals surface area contributed by atoms with Crippen LogP contribution in [-0.2, 0) is 0 Å². The molecular weight excluding hydrogens is 562 g/mol. The molecule has 0 radical (unpaired) electrons. The Kier molecular flexibility index (Phi) is 4.55. The highest BCUT2D eigenvalue weighted by Crippen LogP contribution is 2.51. The quantitative estimate of drug-likeness (QED) is 0.207. The van der Waals surface area contributed by atoms with E-state index in [9.17, 15) is 0 Å². The summed E-state index contributed by atoms with van der Waals surface area (Å²) in [5.74, 6) is 0.816. The van der Waals surface area contributed by atoms with E-state index in [-0.39, 0.29) is 0 Å². The molecule has 4 nitrogen and oxygen atoms in total. The minimum atomic E-state index is 0.816. The second-order valence-electron chi connectivity index (χ2n) is 12.1. The maximum atomic E-state index is 6.49. The number of hydrogen-bond donors (Lipinski definition) is 0. The molecule has 212 valence electrons. The third-order valence-corrected chi connectivity index (χ3v) is 9.72. The Morgan fingerprint density at radius 2 is 1.04 bits per heavy atom. The van der Waals surface area contributed by atoms with Crippen LogP contribution in [0, 0.1) is 0 Å². The van der Waals surface area contributed by atoms with Gasteiger partial charge >= 0.3 is 0 Å². The fourth-order valence-corrected chi connectivity index (χ4v) is 7.74. The first-order valence-corrected chi connectivity index (χ1v) is 15.6. The van der Waals surface area contributed by atoms with Gasteiger partial charge in [0, 0.05) is 27.1 Å². The number of hydrogen-bond acceptors (Lipinski definition) is 3. The van der Waals surface area contributed by atoms with Crippen molar-refractivity contribution in [2.75, 3.05) is 0 Å². The Morgan fingerprint density at radius 1 is 0.413 bits per heavy atom. The smallest absolute Gasteiger partial charge is 0.165 e. The Morgan fingerprint density at radius 3 is 1.87 bits per heavy atom. The Labute approximate surface area is 262 Å². The van der Waals surface area contributed by atoms with Gasteiger partial charge in [0.05, 0.1) is 22.1 Å². The number of nitrogens with zero attached hydrogens (tertiary/aromatic N) is 3. The largest absolute Gasteiger partial charge is 0.456 e. The number of fused-ring (bicyclic) bond motifs is 2. The summed E-state index contributed by atoms with van der Waals surface area (Å²) in [7, 11) is 0. The van der Waals surface area contributed by atoms with Crippen LogP contribution in [0.2, 0.25) is 0 Å². The third-order valence-electron chi connectivity index (χ3n) is 9.72. The van der Waals surface area contributed by atoms with Crippen LogP contribution in [-0.4, -0.2) is 14.5 Å². The predicted molar refractivity (Wildman–Crippen MR) is 189 cm³/mol. The van der Waals surface area contributed by atoms with E-state index >= 15 is 0 Å². The number of rotatable bonds is 3. The monoisotopic (exact) mass is 585 g/mol. The van der Waals surface area contributed by atoms with Gasteiger partial charge in [-0.1, -0.05) is 103 Å². The molecule has 3 aromatic heterocycles. The van der Waals surface area contributed by atoms with Gasteiger partial charge in [-0.3, -0.25) is 4.57 Å². The molecule has 1 aliphatic carbocycles. The van der Waals surface area contributed by atoms with Crippen LogP contribution < -0.4 is 0 Å². The molecule has 10 aromatic rings. The second kappa shape index (κ2) is 8.68. The lowest BCUT2D eigenvalue weighted by Gasteiger charge is -2.15. The van der Waals surface area contributed by atoms with Gasteiger partial charge < -0.3 is 4.42 Å². The molecule has 3 heterocycles. The second-order valence-corrected chi connectivity index (χ2v) is 12.1. The number of furan rings is 1. The van der Waals surface area contributed by atoms with Crippen molar-refractivity contribution in [3.8, 4) is 39.3 Å². The third kappa shape index (κ3) is 3.07. The summed E-state index contributed by atoms with van der Waals surface area (Å²) in [6, 6.07) is 49.2. The van der Waals surface area contributed by atoms with E-state index in [1.807, 2.05) is 30.3 Å². The summed E-state index contributed by atoms with van der Waals surface area (Å²) >= 11 is 0. The molecule has 1 aliphatic rings. The molecular formula is C42H23N3O. The maximum Gasteiger partial charge on any atom is 0.165 e. The van der Waals surface area contributed by atoms with E-state index in [0.717, 1.165) is 55.7 Å². The SMILES string of the molecule is c1ccc(-c2ccc(-c3nc4ccccc4nc3-n3c4ccc5cccc6c5c4c4c5c(ccc43)oc3cccc-6c35)cc2)cc1. The van der Waals surface area contributed by atoms with Crippen molar-refractivity contribution >= 4 is 65.6 Å². The Bertz CT molecular complexity index is 2900. The zero-order chi connectivity index (χ0) is 29.9. The molecule has 46 heavy (non-hydrogen) atoms. The van der Waals surface area contributed by atoms with E-state index in [0.29, 0.717) is 0 Å². The van der Waals surface area contributed by atoms with Crippen molar-refractivity contribution in [1.29, 1.82) is 0 Å². The average molecular weight is 586 g/mol. The number of aromatic nitrogens is 3. The van der Waals surface area contributed by atoms with Gasteiger partial charge in [0.15, 0.2) is 5.82 Å². The fraction of sp³-hybridized carbons (Fsp3) is 0. The summed E-state index contributed by atoms with van der Waals surface area (Å²) in [4.78, 5) is 10.7. The van der Waals surface area contributed by atoms with E-state index in [4.69, 9.17) is 14.4 Å². The first-order chi connectivity index (χ1) is 22.8. The van der Waals surface area contributed by atoms with Gasteiger partial charge in [-0.2, -0.15) is 0 Å². The summed E-state index contributed by atoms with van der Waals surface area (Å²) in [5.41, 5.74) is 12.4. The molecule has 0 amide bonds. The predicted octanol–water partition coefficient (Wildman–Crippen LogP) is 11.1. The highest BCUT2D eigenvalue weighted by atomic mass is 16.3. The summed E-state index contributed by atoms with van der Waals surface area (Å²) in [6.07, 6.45) is 0. The molecule has 0 atom stereocenters. The summed E-state index contributed by atoms with van der Waals surface area (Å²) in [5, 5.41) is 7.26. The van der Waals surface area contributed by atoms with Crippen molar-refractivity contribution in [2.24, 2.45) is 0 Å². The highest BCUT2D eigenvalue weighted by Gasteiger charge is 2.27. The zero-order valence-electron chi connectivity index (χ0n) is 24.5. The molecule has 0 aliphatic heterocycles.